The molecule has 2 atom stereocenters. The second kappa shape index (κ2) is 5.96. The average molecular weight is 307 g/mol. The number of aromatic nitrogens is 1. The zero-order valence-electron chi connectivity index (χ0n) is 12.8. The van der Waals surface area contributed by atoms with Gasteiger partial charge in [0.2, 0.25) is 0 Å². The van der Waals surface area contributed by atoms with Gasteiger partial charge in [-0.1, -0.05) is 38.3 Å². The number of hydrogen-bond donors (Lipinski definition) is 0. The molecular formula is C17H23ClN2O. The molecule has 2 heterocycles. The number of carbonyl (C=O) groups excluding carboxylic acids is 1. The Morgan fingerprint density at radius 3 is 2.81 bits per heavy atom. The van der Waals surface area contributed by atoms with Crippen molar-refractivity contribution in [3.05, 3.63) is 28.5 Å². The van der Waals surface area contributed by atoms with Crippen molar-refractivity contribution in [3.8, 4) is 0 Å². The molecule has 2 aliphatic rings. The molecule has 1 aromatic rings. The highest BCUT2D eigenvalue weighted by Gasteiger charge is 2.38. The number of halogens is 1. The molecule has 1 saturated carbocycles. The number of amides is 1. The van der Waals surface area contributed by atoms with E-state index in [1.165, 1.54) is 19.3 Å². The Balaban J connectivity index is 1.85. The maximum Gasteiger partial charge on any atom is 0.254 e. The van der Waals surface area contributed by atoms with E-state index in [9.17, 15) is 4.79 Å². The average Bonchev–Trinajstić information content (AvgIpc) is 2.89. The van der Waals surface area contributed by atoms with Crippen molar-refractivity contribution >= 4 is 17.5 Å². The number of pyridine rings is 1. The lowest BCUT2D eigenvalue weighted by molar-refractivity contribution is 0.0690. The molecule has 21 heavy (non-hydrogen) atoms. The van der Waals surface area contributed by atoms with Crippen LogP contribution in [0.15, 0.2) is 12.1 Å². The standard InChI is InChI=1S/C17H23ClN2O/c1-11(2)14-9-13(10-16(18)19-14)17(21)20-8-7-12-5-3-4-6-15(12)20/h9-12,15H,3-8H2,1-2H3. The summed E-state index contributed by atoms with van der Waals surface area (Å²) in [5.41, 5.74) is 1.59. The van der Waals surface area contributed by atoms with Gasteiger partial charge in [0.05, 0.1) is 0 Å². The molecule has 1 amide bonds. The fourth-order valence-electron chi connectivity index (χ4n) is 3.76. The van der Waals surface area contributed by atoms with E-state index in [1.807, 2.05) is 6.07 Å². The number of likely N-dealkylation sites (tertiary alicyclic amines) is 1. The van der Waals surface area contributed by atoms with E-state index in [0.29, 0.717) is 22.7 Å². The first kappa shape index (κ1) is 14.8. The van der Waals surface area contributed by atoms with Crippen LogP contribution in [0.25, 0.3) is 0 Å². The zero-order valence-corrected chi connectivity index (χ0v) is 13.6. The molecule has 1 aromatic heterocycles. The fraction of sp³-hybridized carbons (Fsp3) is 0.647. The van der Waals surface area contributed by atoms with E-state index in [-0.39, 0.29) is 11.8 Å². The molecule has 0 N–H and O–H groups in total. The van der Waals surface area contributed by atoms with Gasteiger partial charge in [0.15, 0.2) is 0 Å². The summed E-state index contributed by atoms with van der Waals surface area (Å²) >= 11 is 6.10. The molecule has 0 bridgehead atoms. The Morgan fingerprint density at radius 2 is 2.05 bits per heavy atom. The molecule has 114 valence electrons. The second-order valence-electron chi connectivity index (χ2n) is 6.66. The molecule has 1 aliphatic carbocycles. The van der Waals surface area contributed by atoms with Crippen molar-refractivity contribution < 1.29 is 4.79 Å². The van der Waals surface area contributed by atoms with Gasteiger partial charge in [-0.05, 0) is 43.2 Å². The van der Waals surface area contributed by atoms with E-state index in [0.717, 1.165) is 25.1 Å². The first-order valence-corrected chi connectivity index (χ1v) is 8.42. The van der Waals surface area contributed by atoms with Gasteiger partial charge in [-0.3, -0.25) is 4.79 Å². The van der Waals surface area contributed by atoms with Crippen LogP contribution in [0.4, 0.5) is 0 Å². The van der Waals surface area contributed by atoms with E-state index >= 15 is 0 Å². The minimum Gasteiger partial charge on any atom is -0.335 e. The van der Waals surface area contributed by atoms with Crippen LogP contribution in [0.2, 0.25) is 5.15 Å². The lowest BCUT2D eigenvalue weighted by Crippen LogP contribution is -2.39. The van der Waals surface area contributed by atoms with Crippen LogP contribution in [-0.2, 0) is 0 Å². The molecule has 0 aromatic carbocycles. The Morgan fingerprint density at radius 1 is 1.29 bits per heavy atom. The highest BCUT2D eigenvalue weighted by molar-refractivity contribution is 6.29. The number of fused-ring (bicyclic) bond motifs is 1. The molecular weight excluding hydrogens is 284 g/mol. The SMILES string of the molecule is CC(C)c1cc(C(=O)N2CCC3CCCCC32)cc(Cl)n1. The van der Waals surface area contributed by atoms with Crippen molar-refractivity contribution in [2.75, 3.05) is 6.54 Å². The minimum atomic E-state index is 0.135. The molecule has 3 nitrogen and oxygen atoms in total. The molecule has 2 fully saturated rings. The number of hydrogen-bond acceptors (Lipinski definition) is 2. The van der Waals surface area contributed by atoms with Gasteiger partial charge >= 0.3 is 0 Å². The number of nitrogens with zero attached hydrogens (tertiary/aromatic N) is 2. The van der Waals surface area contributed by atoms with Crippen LogP contribution in [0.1, 0.15) is 67.9 Å². The maximum absolute atomic E-state index is 12.9. The van der Waals surface area contributed by atoms with Crippen molar-refractivity contribution in [2.24, 2.45) is 5.92 Å². The van der Waals surface area contributed by atoms with Crippen molar-refractivity contribution in [2.45, 2.75) is 57.9 Å². The Labute approximate surface area is 131 Å². The monoisotopic (exact) mass is 306 g/mol. The predicted molar refractivity (Wildman–Crippen MR) is 84.7 cm³/mol. The van der Waals surface area contributed by atoms with Gasteiger partial charge in [0.25, 0.3) is 5.91 Å². The van der Waals surface area contributed by atoms with Crippen LogP contribution >= 0.6 is 11.6 Å². The Hall–Kier alpha value is -1.09. The normalized spacial score (nSPS) is 25.2. The predicted octanol–water partition coefficient (Wildman–Crippen LogP) is 4.26. The summed E-state index contributed by atoms with van der Waals surface area (Å²) in [5.74, 6) is 1.12. The summed E-state index contributed by atoms with van der Waals surface area (Å²) in [6.07, 6.45) is 6.17. The van der Waals surface area contributed by atoms with Crippen LogP contribution in [-0.4, -0.2) is 28.4 Å². The molecule has 3 rings (SSSR count). The minimum absolute atomic E-state index is 0.135. The van der Waals surface area contributed by atoms with Gasteiger partial charge in [0.1, 0.15) is 5.15 Å². The largest absolute Gasteiger partial charge is 0.335 e. The lowest BCUT2D eigenvalue weighted by Gasteiger charge is -2.31. The van der Waals surface area contributed by atoms with E-state index in [4.69, 9.17) is 11.6 Å². The second-order valence-corrected chi connectivity index (χ2v) is 7.04. The summed E-state index contributed by atoms with van der Waals surface area (Å²) in [7, 11) is 0. The van der Waals surface area contributed by atoms with Crippen LogP contribution in [0, 0.1) is 5.92 Å². The third-order valence-corrected chi connectivity index (χ3v) is 5.12. The molecule has 1 saturated heterocycles. The number of rotatable bonds is 2. The first-order valence-electron chi connectivity index (χ1n) is 8.04. The number of carbonyl (C=O) groups is 1. The summed E-state index contributed by atoms with van der Waals surface area (Å²) in [6.45, 7) is 5.03. The summed E-state index contributed by atoms with van der Waals surface area (Å²) in [5, 5.41) is 0.420. The first-order chi connectivity index (χ1) is 10.1. The topological polar surface area (TPSA) is 33.2 Å². The van der Waals surface area contributed by atoms with Crippen LogP contribution in [0.5, 0.6) is 0 Å². The molecule has 2 unspecified atom stereocenters. The maximum atomic E-state index is 12.9. The quantitative estimate of drug-likeness (QED) is 0.765. The zero-order chi connectivity index (χ0) is 15.0. The highest BCUT2D eigenvalue weighted by Crippen LogP contribution is 2.37. The lowest BCUT2D eigenvalue weighted by atomic mass is 9.85. The fourth-order valence-corrected chi connectivity index (χ4v) is 3.98. The van der Waals surface area contributed by atoms with Gasteiger partial charge in [0, 0.05) is 23.8 Å². The van der Waals surface area contributed by atoms with E-state index in [2.05, 4.69) is 23.7 Å². The third-order valence-electron chi connectivity index (χ3n) is 4.92. The third kappa shape index (κ3) is 2.94. The summed E-state index contributed by atoms with van der Waals surface area (Å²) in [4.78, 5) is 19.3. The summed E-state index contributed by atoms with van der Waals surface area (Å²) < 4.78 is 0. The molecule has 1 aliphatic heterocycles. The van der Waals surface area contributed by atoms with Gasteiger partial charge in [-0.15, -0.1) is 0 Å². The van der Waals surface area contributed by atoms with Crippen LogP contribution in [0.3, 0.4) is 0 Å². The van der Waals surface area contributed by atoms with E-state index in [1.54, 1.807) is 6.07 Å². The smallest absolute Gasteiger partial charge is 0.254 e. The van der Waals surface area contributed by atoms with Crippen molar-refractivity contribution in [1.82, 2.24) is 9.88 Å². The van der Waals surface area contributed by atoms with Crippen LogP contribution < -0.4 is 0 Å². The van der Waals surface area contributed by atoms with Crippen molar-refractivity contribution in [3.63, 3.8) is 0 Å². The summed E-state index contributed by atoms with van der Waals surface area (Å²) in [6, 6.07) is 4.07. The highest BCUT2D eigenvalue weighted by atomic mass is 35.5. The Kier molecular flexibility index (Phi) is 4.21. The van der Waals surface area contributed by atoms with Crippen molar-refractivity contribution in [1.29, 1.82) is 0 Å². The van der Waals surface area contributed by atoms with Gasteiger partial charge in [-0.2, -0.15) is 0 Å². The molecule has 0 radical (unpaired) electrons. The van der Waals surface area contributed by atoms with E-state index < -0.39 is 0 Å². The molecule has 4 heteroatoms. The van der Waals surface area contributed by atoms with Gasteiger partial charge in [-0.25, -0.2) is 4.98 Å². The Bertz CT molecular complexity index is 544. The van der Waals surface area contributed by atoms with Gasteiger partial charge < -0.3 is 4.90 Å². The molecule has 0 spiro atoms.